The van der Waals surface area contributed by atoms with E-state index >= 15 is 0 Å². The van der Waals surface area contributed by atoms with E-state index in [1.807, 2.05) is 0 Å². The number of rotatable bonds is 13. The molecule has 0 heterocycles. The van der Waals surface area contributed by atoms with Crippen molar-refractivity contribution in [2.45, 2.75) is 9.79 Å². The fourth-order valence-electron chi connectivity index (χ4n) is 5.48. The SMILES string of the molecule is O=[N+](/N=C1C=C/C(=C/C=C2C=C/C(=N\N([O-])c3ccc(N=[N+]([O-])c4ccc(S(=O)(=O)[O-])cc4)cc3)C=C\2S(=O)(=O)[O-])C(S(=O)(=O)[O-])=C\1)c1ccc(N=[N+]([O-])c2ccc(S(=O)(=O)[O-])cc2)cc1.[Na+].[Na+].[Na+].[Na+]. The van der Waals surface area contributed by atoms with Gasteiger partial charge < -0.3 is 39.0 Å². The summed E-state index contributed by atoms with van der Waals surface area (Å²) in [5.41, 5.74) is -1.73. The molecule has 32 heteroatoms. The molecule has 4 aromatic rings. The summed E-state index contributed by atoms with van der Waals surface area (Å²) in [4.78, 5) is 10.3. The Morgan fingerprint density at radius 1 is 0.471 bits per heavy atom. The van der Waals surface area contributed by atoms with Crippen LogP contribution in [0.2, 0.25) is 0 Å². The van der Waals surface area contributed by atoms with Crippen molar-refractivity contribution in [2.75, 3.05) is 5.17 Å². The summed E-state index contributed by atoms with van der Waals surface area (Å²) in [7, 11) is -20.0. The number of allylic oxidation sites excluding steroid dienone is 10. The molecule has 0 atom stereocenters. The Morgan fingerprint density at radius 2 is 0.829 bits per heavy atom. The predicted molar refractivity (Wildman–Crippen MR) is 226 cm³/mol. The first-order chi connectivity index (χ1) is 30.8. The van der Waals surface area contributed by atoms with Gasteiger partial charge in [-0.2, -0.15) is 5.10 Å². The Balaban J connectivity index is 0.00000420. The second-order valence-electron chi connectivity index (χ2n) is 13.1. The van der Waals surface area contributed by atoms with Gasteiger partial charge in [0.2, 0.25) is 11.4 Å². The average molecular weight is 1070 g/mol. The van der Waals surface area contributed by atoms with E-state index in [1.165, 1.54) is 48.5 Å². The average Bonchev–Trinajstić information content (AvgIpc) is 3.25. The number of hydrogen-bond donors (Lipinski definition) is 0. The smallest absolute Gasteiger partial charge is 0.744 e. The van der Waals surface area contributed by atoms with E-state index in [1.54, 1.807) is 0 Å². The van der Waals surface area contributed by atoms with Gasteiger partial charge in [-0.25, -0.2) is 33.7 Å². The number of hydrazone groups is 2. The monoisotopic (exact) mass is 1070 g/mol. The van der Waals surface area contributed by atoms with Crippen molar-refractivity contribution in [3.8, 4) is 0 Å². The summed E-state index contributed by atoms with van der Waals surface area (Å²) >= 11 is 0. The van der Waals surface area contributed by atoms with E-state index in [9.17, 15) is 72.4 Å². The van der Waals surface area contributed by atoms with Gasteiger partial charge in [0, 0.05) is 52.3 Å². The van der Waals surface area contributed by atoms with Gasteiger partial charge in [-0.3, -0.25) is 0 Å². The molecule has 0 spiro atoms. The molecule has 2 aliphatic rings. The molecule has 4 aromatic carbocycles. The second-order valence-corrected chi connectivity index (χ2v) is 18.6. The maximum absolute atomic E-state index is 12.8. The predicted octanol–water partition coefficient (Wildman–Crippen LogP) is -6.66. The molecule has 0 saturated heterocycles. The van der Waals surface area contributed by atoms with Crippen molar-refractivity contribution in [2.24, 2.45) is 20.4 Å². The molecule has 70 heavy (non-hydrogen) atoms. The first kappa shape index (κ1) is 62.6. The third-order valence-electron chi connectivity index (χ3n) is 8.63. The maximum atomic E-state index is 12.8. The molecule has 0 N–H and O–H groups in total. The molecule has 0 unspecified atom stereocenters. The number of nitrogens with zero attached hydrogens (tertiary/aromatic N) is 8. The van der Waals surface area contributed by atoms with Gasteiger partial charge in [0.05, 0.1) is 35.3 Å². The van der Waals surface area contributed by atoms with Crippen LogP contribution in [-0.4, -0.2) is 77.9 Å². The van der Waals surface area contributed by atoms with Gasteiger partial charge in [-0.05, 0) is 96.1 Å². The van der Waals surface area contributed by atoms with Crippen molar-refractivity contribution >= 4 is 86.0 Å². The van der Waals surface area contributed by atoms with E-state index < -0.39 is 60.1 Å². The molecule has 24 nitrogen and oxygen atoms in total. The van der Waals surface area contributed by atoms with Crippen molar-refractivity contribution < 1.29 is 185 Å². The van der Waals surface area contributed by atoms with Crippen LogP contribution >= 0.6 is 0 Å². The molecule has 2 aliphatic carbocycles. The van der Waals surface area contributed by atoms with Crippen LogP contribution in [0.4, 0.5) is 34.1 Å². The summed E-state index contributed by atoms with van der Waals surface area (Å²) < 4.78 is 140. The number of azo groups is 2. The quantitative estimate of drug-likeness (QED) is 0.0395. The van der Waals surface area contributed by atoms with E-state index in [4.69, 9.17) is 0 Å². The Bertz CT molecular complexity index is 3440. The summed E-state index contributed by atoms with van der Waals surface area (Å²) in [6.07, 6.45) is 7.92. The van der Waals surface area contributed by atoms with Gasteiger partial charge in [0.25, 0.3) is 5.69 Å². The molecule has 0 aromatic heterocycles. The Hall–Kier alpha value is -3.54. The van der Waals surface area contributed by atoms with E-state index in [2.05, 4.69) is 20.4 Å². The van der Waals surface area contributed by atoms with Gasteiger partial charge in [0.1, 0.15) is 57.6 Å². The van der Waals surface area contributed by atoms with Crippen LogP contribution in [0.5, 0.6) is 0 Å². The largest absolute Gasteiger partial charge is 1.00 e. The molecule has 0 amide bonds. The standard InChI is InChI=1S/C38H28N8O16S4.4Na/c47-43(33-15-19-35(20-16-33)63(51,52)53)39-27-7-11-31(12-8-27)45(49)41-29-5-3-25(37(23-29)65(57,58)59)1-2-26-4-6-30(24-38(26)66(60,61)62)42-46(50)32-13-9-28(10-14-32)40-44(48)34-17-21-36(22-18-34)64(54,55)56;;;;/h1-24H,(H,51,52,53)(H,54,55,56)(H,57,58,59)(H,60,61,62);;;;/q;4*+1/p-4/b25-1-,26-2+,41-29+,42-30+,43-39?,44-40?;;;;. The molecule has 0 fully saturated rings. The Labute approximate surface area is 487 Å². The number of hydrogen-bond acceptors (Lipinski definition) is 20. The number of benzene rings is 4. The fraction of sp³-hybridized carbons (Fsp3) is 0. The third-order valence-corrected chi connectivity index (χ3v) is 12.1. The van der Waals surface area contributed by atoms with Crippen LogP contribution in [-0.2, 0) is 40.5 Å². The first-order valence-corrected chi connectivity index (χ1v) is 23.4. The number of anilines is 1. The van der Waals surface area contributed by atoms with Gasteiger partial charge in [-0.1, -0.05) is 34.0 Å². The van der Waals surface area contributed by atoms with Crippen LogP contribution in [0, 0.1) is 20.5 Å². The summed E-state index contributed by atoms with van der Waals surface area (Å²) in [6, 6.07) is 17.6. The first-order valence-electron chi connectivity index (χ1n) is 17.8. The zero-order valence-corrected chi connectivity index (χ0v) is 47.9. The van der Waals surface area contributed by atoms with E-state index in [0.717, 1.165) is 97.1 Å². The summed E-state index contributed by atoms with van der Waals surface area (Å²) in [5, 5.41) is 52.7. The summed E-state index contributed by atoms with van der Waals surface area (Å²) in [6.45, 7) is 0. The minimum atomic E-state index is -5.28. The molecule has 0 radical (unpaired) electrons. The van der Waals surface area contributed by atoms with Crippen LogP contribution in [0.1, 0.15) is 0 Å². The van der Waals surface area contributed by atoms with Gasteiger partial charge in [-0.15, -0.1) is 0 Å². The third kappa shape index (κ3) is 17.0. The fourth-order valence-corrected chi connectivity index (χ4v) is 7.80. The van der Waals surface area contributed by atoms with Gasteiger partial charge in [0.15, 0.2) is 4.87 Å². The molecule has 0 bridgehead atoms. The Kier molecular flexibility index (Phi) is 23.2. The number of nitroso groups, excluding NO2 is 1. The molecule has 0 saturated carbocycles. The van der Waals surface area contributed by atoms with Crippen LogP contribution in [0.15, 0.2) is 197 Å². The molecule has 340 valence electrons. The molecular weight excluding hydrogens is 1040 g/mol. The second kappa shape index (κ2) is 25.9. The zero-order chi connectivity index (χ0) is 48.2. The molecule has 6 rings (SSSR count). The Morgan fingerprint density at radius 3 is 1.21 bits per heavy atom. The minimum Gasteiger partial charge on any atom is -0.744 e. The maximum Gasteiger partial charge on any atom is 1.00 e. The van der Waals surface area contributed by atoms with Crippen LogP contribution in [0.25, 0.3) is 0 Å². The van der Waals surface area contributed by atoms with E-state index in [-0.39, 0.29) is 195 Å². The van der Waals surface area contributed by atoms with Gasteiger partial charge >= 0.3 is 118 Å². The zero-order valence-electron chi connectivity index (χ0n) is 36.6. The summed E-state index contributed by atoms with van der Waals surface area (Å²) in [5.74, 6) is 0. The molecular formula is C38H24N8Na4O16S4. The van der Waals surface area contributed by atoms with Crippen molar-refractivity contribution in [3.05, 3.63) is 187 Å². The molecule has 0 aliphatic heterocycles. The van der Waals surface area contributed by atoms with Crippen LogP contribution < -0.4 is 123 Å². The van der Waals surface area contributed by atoms with Crippen molar-refractivity contribution in [3.63, 3.8) is 0 Å². The van der Waals surface area contributed by atoms with E-state index in [0.29, 0.717) is 0 Å². The normalized spacial score (nSPS) is 16.6. The van der Waals surface area contributed by atoms with Crippen LogP contribution in [0.3, 0.4) is 0 Å². The topological polar surface area (TPSA) is 377 Å². The van der Waals surface area contributed by atoms with Crippen molar-refractivity contribution in [1.29, 1.82) is 0 Å². The minimum absolute atomic E-state index is 0. The van der Waals surface area contributed by atoms with Crippen molar-refractivity contribution in [1.82, 2.24) is 0 Å².